The van der Waals surface area contributed by atoms with Gasteiger partial charge in [-0.05, 0) is 12.5 Å². The van der Waals surface area contributed by atoms with Crippen LogP contribution in [0, 0.1) is 0 Å². The highest BCUT2D eigenvalue weighted by atomic mass is 16.4. The van der Waals surface area contributed by atoms with Crippen LogP contribution in [0.4, 0.5) is 0 Å². The molecule has 0 spiro atoms. The van der Waals surface area contributed by atoms with Crippen LogP contribution in [0.3, 0.4) is 0 Å². The summed E-state index contributed by atoms with van der Waals surface area (Å²) in [6.07, 6.45) is -1.61. The lowest BCUT2D eigenvalue weighted by atomic mass is 10.0. The Kier molecular flexibility index (Phi) is 10.5. The van der Waals surface area contributed by atoms with Crippen molar-refractivity contribution in [3.63, 3.8) is 0 Å². The summed E-state index contributed by atoms with van der Waals surface area (Å²) in [7, 11) is 0. The van der Waals surface area contributed by atoms with Crippen LogP contribution in [-0.2, 0) is 35.2 Å². The van der Waals surface area contributed by atoms with Crippen LogP contribution in [0.2, 0.25) is 0 Å². The molecule has 0 heterocycles. The fourth-order valence-electron chi connectivity index (χ4n) is 2.69. The average Bonchev–Trinajstić information content (AvgIpc) is 2.72. The third-order valence-electron chi connectivity index (χ3n) is 4.36. The number of carbonyl (C=O) groups excluding carboxylic acids is 4. The van der Waals surface area contributed by atoms with Gasteiger partial charge in [-0.3, -0.25) is 24.0 Å². The number of primary amides is 1. The lowest BCUT2D eigenvalue weighted by Gasteiger charge is -2.24. The van der Waals surface area contributed by atoms with Crippen molar-refractivity contribution in [3.8, 4) is 0 Å². The van der Waals surface area contributed by atoms with E-state index in [9.17, 15) is 28.8 Å². The van der Waals surface area contributed by atoms with Crippen LogP contribution >= 0.6 is 0 Å². The molecule has 0 aliphatic rings. The van der Waals surface area contributed by atoms with Crippen molar-refractivity contribution in [3.05, 3.63) is 35.9 Å². The number of carboxylic acids is 2. The Morgan fingerprint density at radius 2 is 1.33 bits per heavy atom. The van der Waals surface area contributed by atoms with E-state index < -0.39 is 72.6 Å². The summed E-state index contributed by atoms with van der Waals surface area (Å²) >= 11 is 0. The zero-order valence-electron chi connectivity index (χ0n) is 17.8. The van der Waals surface area contributed by atoms with Crippen molar-refractivity contribution in [2.45, 2.75) is 50.4 Å². The molecule has 13 heteroatoms. The molecule has 4 amide bonds. The van der Waals surface area contributed by atoms with Gasteiger partial charge in [0.1, 0.15) is 18.1 Å². The lowest BCUT2D eigenvalue weighted by Crippen LogP contribution is -2.58. The first-order valence-electron chi connectivity index (χ1n) is 9.84. The van der Waals surface area contributed by atoms with Crippen LogP contribution in [-0.4, -0.2) is 69.9 Å². The largest absolute Gasteiger partial charge is 0.481 e. The summed E-state index contributed by atoms with van der Waals surface area (Å²) in [4.78, 5) is 71.0. The molecular weight excluding hydrogens is 438 g/mol. The summed E-state index contributed by atoms with van der Waals surface area (Å²) in [5, 5.41) is 24.6. The molecule has 0 saturated carbocycles. The number of nitrogens with two attached hydrogens (primary N) is 2. The molecule has 1 aromatic rings. The zero-order chi connectivity index (χ0) is 25.1. The predicted molar refractivity (Wildman–Crippen MR) is 113 cm³/mol. The summed E-state index contributed by atoms with van der Waals surface area (Å²) in [5.74, 6) is -6.73. The van der Waals surface area contributed by atoms with E-state index >= 15 is 0 Å². The highest BCUT2D eigenvalue weighted by Gasteiger charge is 2.31. The Balaban J connectivity index is 3.07. The molecule has 4 atom stereocenters. The third kappa shape index (κ3) is 9.78. The van der Waals surface area contributed by atoms with E-state index in [1.54, 1.807) is 30.3 Å². The van der Waals surface area contributed by atoms with E-state index in [2.05, 4.69) is 10.6 Å². The first-order chi connectivity index (χ1) is 15.4. The summed E-state index contributed by atoms with van der Waals surface area (Å²) in [6, 6.07) is 3.05. The van der Waals surface area contributed by atoms with Crippen molar-refractivity contribution in [2.75, 3.05) is 0 Å². The Morgan fingerprint density at radius 1 is 0.818 bits per heavy atom. The van der Waals surface area contributed by atoms with E-state index in [0.29, 0.717) is 5.56 Å². The molecular formula is C20H27N5O8. The molecule has 13 nitrogen and oxygen atoms in total. The molecule has 0 aliphatic heterocycles. The summed E-state index contributed by atoms with van der Waals surface area (Å²) < 4.78 is 0. The van der Waals surface area contributed by atoms with Crippen molar-refractivity contribution in [2.24, 2.45) is 11.5 Å². The highest BCUT2D eigenvalue weighted by Crippen LogP contribution is 2.06. The molecule has 0 radical (unpaired) electrons. The van der Waals surface area contributed by atoms with Gasteiger partial charge in [-0.15, -0.1) is 0 Å². The quantitative estimate of drug-likeness (QED) is 0.162. The molecule has 1 aromatic carbocycles. The minimum Gasteiger partial charge on any atom is -0.481 e. The van der Waals surface area contributed by atoms with Gasteiger partial charge < -0.3 is 37.6 Å². The molecule has 0 fully saturated rings. The molecule has 0 aromatic heterocycles. The first kappa shape index (κ1) is 27.0. The van der Waals surface area contributed by atoms with Crippen LogP contribution < -0.4 is 27.4 Å². The number of rotatable bonds is 13. The first-order valence-corrected chi connectivity index (χ1v) is 9.84. The standard InChI is InChI=1S/C20H27N5O8/c1-10(21)17(29)23-12(7-11-5-3-2-4-6-11)18(30)24-13(8-15(22)26)19(31)25-14(20(32)33)9-16(27)28/h2-6,10,12-14H,7-9,21H2,1H3,(H2,22,26)(H,23,29)(H,24,30)(H,25,31)(H,27,28)(H,32,33). The molecule has 33 heavy (non-hydrogen) atoms. The fourth-order valence-corrected chi connectivity index (χ4v) is 2.69. The van der Waals surface area contributed by atoms with E-state index in [1.165, 1.54) is 6.92 Å². The molecule has 0 aliphatic carbocycles. The van der Waals surface area contributed by atoms with Crippen molar-refractivity contribution >= 4 is 35.6 Å². The minimum atomic E-state index is -1.81. The van der Waals surface area contributed by atoms with Gasteiger partial charge in [-0.1, -0.05) is 30.3 Å². The Bertz CT molecular complexity index is 890. The average molecular weight is 465 g/mol. The van der Waals surface area contributed by atoms with E-state index in [4.69, 9.17) is 21.7 Å². The number of carboxylic acid groups (broad SMARTS) is 2. The number of aliphatic carboxylic acids is 2. The van der Waals surface area contributed by atoms with E-state index in [-0.39, 0.29) is 6.42 Å². The zero-order valence-corrected chi connectivity index (χ0v) is 17.8. The second kappa shape index (κ2) is 12.8. The van der Waals surface area contributed by atoms with Crippen LogP contribution in [0.1, 0.15) is 25.3 Å². The van der Waals surface area contributed by atoms with Crippen molar-refractivity contribution in [1.29, 1.82) is 0 Å². The SMILES string of the molecule is CC(N)C(=O)NC(Cc1ccccc1)C(=O)NC(CC(N)=O)C(=O)NC(CC(=O)O)C(=O)O. The smallest absolute Gasteiger partial charge is 0.326 e. The van der Waals surface area contributed by atoms with Gasteiger partial charge >= 0.3 is 11.9 Å². The number of hydrogen-bond donors (Lipinski definition) is 7. The van der Waals surface area contributed by atoms with Gasteiger partial charge in [0.25, 0.3) is 0 Å². The van der Waals surface area contributed by atoms with Crippen LogP contribution in [0.5, 0.6) is 0 Å². The van der Waals surface area contributed by atoms with Gasteiger partial charge in [0, 0.05) is 6.42 Å². The Hall–Kier alpha value is -4.00. The predicted octanol–water partition coefficient (Wildman–Crippen LogP) is -2.53. The van der Waals surface area contributed by atoms with Gasteiger partial charge in [0.05, 0.1) is 18.9 Å². The van der Waals surface area contributed by atoms with Crippen LogP contribution in [0.15, 0.2) is 30.3 Å². The molecule has 4 unspecified atom stereocenters. The fraction of sp³-hybridized carbons (Fsp3) is 0.400. The van der Waals surface area contributed by atoms with Crippen molar-refractivity contribution < 1.29 is 39.0 Å². The normalized spacial score (nSPS) is 14.1. The summed E-state index contributed by atoms with van der Waals surface area (Å²) in [5.41, 5.74) is 11.3. The second-order valence-electron chi connectivity index (χ2n) is 7.27. The van der Waals surface area contributed by atoms with Gasteiger partial charge in [-0.2, -0.15) is 0 Å². The van der Waals surface area contributed by atoms with Crippen LogP contribution in [0.25, 0.3) is 0 Å². The Morgan fingerprint density at radius 3 is 1.82 bits per heavy atom. The number of amides is 4. The molecule has 9 N–H and O–H groups in total. The number of nitrogens with one attached hydrogen (secondary N) is 3. The molecule has 1 rings (SSSR count). The van der Waals surface area contributed by atoms with Gasteiger partial charge in [-0.25, -0.2) is 4.79 Å². The molecule has 180 valence electrons. The molecule has 0 bridgehead atoms. The maximum atomic E-state index is 12.9. The van der Waals surface area contributed by atoms with E-state index in [1.807, 2.05) is 5.32 Å². The monoisotopic (exact) mass is 465 g/mol. The maximum absolute atomic E-state index is 12.9. The number of benzene rings is 1. The molecule has 0 saturated heterocycles. The topological polar surface area (TPSA) is 231 Å². The van der Waals surface area contributed by atoms with Gasteiger partial charge in [0.2, 0.25) is 23.6 Å². The Labute approximate surface area is 188 Å². The maximum Gasteiger partial charge on any atom is 0.326 e. The number of carbonyl (C=O) groups is 6. The third-order valence-corrected chi connectivity index (χ3v) is 4.36. The van der Waals surface area contributed by atoms with Gasteiger partial charge in [0.15, 0.2) is 0 Å². The highest BCUT2D eigenvalue weighted by molar-refractivity contribution is 5.96. The minimum absolute atomic E-state index is 0.0206. The summed E-state index contributed by atoms with van der Waals surface area (Å²) in [6.45, 7) is 1.41. The number of hydrogen-bond acceptors (Lipinski definition) is 7. The lowest BCUT2D eigenvalue weighted by molar-refractivity contribution is -0.147. The van der Waals surface area contributed by atoms with E-state index in [0.717, 1.165) is 0 Å². The second-order valence-corrected chi connectivity index (χ2v) is 7.27. The van der Waals surface area contributed by atoms with Crippen molar-refractivity contribution in [1.82, 2.24) is 16.0 Å².